The Morgan fingerprint density at radius 1 is 1.07 bits per heavy atom. The van der Waals surface area contributed by atoms with E-state index in [9.17, 15) is 0 Å². The predicted molar refractivity (Wildman–Crippen MR) is 117 cm³/mol. The Bertz CT molecular complexity index is 930. The SMILES string of the molecule is COc1ccc(CCNC(=S)Nc2nc3cc(C)c(C)cc3s2)cc1OC. The number of thiazole rings is 1. The van der Waals surface area contributed by atoms with Gasteiger partial charge < -0.3 is 20.1 Å². The van der Waals surface area contributed by atoms with E-state index in [1.165, 1.54) is 11.1 Å². The van der Waals surface area contributed by atoms with Crippen LogP contribution in [0.1, 0.15) is 16.7 Å². The zero-order valence-electron chi connectivity index (χ0n) is 15.9. The smallest absolute Gasteiger partial charge is 0.190 e. The van der Waals surface area contributed by atoms with E-state index in [0.29, 0.717) is 11.7 Å². The van der Waals surface area contributed by atoms with E-state index in [1.807, 2.05) is 18.2 Å². The van der Waals surface area contributed by atoms with Crippen molar-refractivity contribution in [2.24, 2.45) is 0 Å². The van der Waals surface area contributed by atoms with E-state index < -0.39 is 0 Å². The summed E-state index contributed by atoms with van der Waals surface area (Å²) in [6.45, 7) is 4.92. The number of ether oxygens (including phenoxy) is 2. The average molecular weight is 402 g/mol. The minimum atomic E-state index is 0.572. The van der Waals surface area contributed by atoms with Gasteiger partial charge in [-0.25, -0.2) is 4.98 Å². The highest BCUT2D eigenvalue weighted by molar-refractivity contribution is 7.80. The second kappa shape index (κ2) is 8.54. The Balaban J connectivity index is 1.55. The molecule has 2 aromatic carbocycles. The summed E-state index contributed by atoms with van der Waals surface area (Å²) in [6.07, 6.45) is 0.820. The van der Waals surface area contributed by atoms with Crippen LogP contribution in [0, 0.1) is 13.8 Å². The van der Waals surface area contributed by atoms with Gasteiger partial charge in [-0.3, -0.25) is 0 Å². The maximum absolute atomic E-state index is 5.40. The average Bonchev–Trinajstić information content (AvgIpc) is 3.02. The molecule has 0 amide bonds. The molecule has 0 saturated carbocycles. The van der Waals surface area contributed by atoms with E-state index in [4.69, 9.17) is 21.7 Å². The van der Waals surface area contributed by atoms with E-state index in [-0.39, 0.29) is 0 Å². The number of aromatic nitrogens is 1. The van der Waals surface area contributed by atoms with Crippen LogP contribution in [-0.4, -0.2) is 30.9 Å². The van der Waals surface area contributed by atoms with Crippen molar-refractivity contribution in [1.29, 1.82) is 0 Å². The van der Waals surface area contributed by atoms with Gasteiger partial charge in [0.05, 0.1) is 24.4 Å². The third-order valence-corrected chi connectivity index (χ3v) is 5.55. The first-order valence-electron chi connectivity index (χ1n) is 8.63. The molecule has 1 aromatic heterocycles. The topological polar surface area (TPSA) is 55.4 Å². The molecule has 0 atom stereocenters. The highest BCUT2D eigenvalue weighted by Crippen LogP contribution is 2.29. The summed E-state index contributed by atoms with van der Waals surface area (Å²) < 4.78 is 11.8. The van der Waals surface area contributed by atoms with Gasteiger partial charge in [0.2, 0.25) is 0 Å². The number of aryl methyl sites for hydroxylation is 2. The second-order valence-corrected chi connectivity index (χ2v) is 7.68. The van der Waals surface area contributed by atoms with Crippen LogP contribution in [0.4, 0.5) is 5.13 Å². The van der Waals surface area contributed by atoms with Gasteiger partial charge in [0, 0.05) is 6.54 Å². The fraction of sp³-hybridized carbons (Fsp3) is 0.300. The molecule has 0 aliphatic carbocycles. The number of hydrogen-bond acceptors (Lipinski definition) is 5. The third-order valence-electron chi connectivity index (χ3n) is 4.37. The number of thiocarbonyl (C=S) groups is 1. The number of rotatable bonds is 6. The molecule has 1 heterocycles. The van der Waals surface area contributed by atoms with Crippen molar-refractivity contribution in [2.45, 2.75) is 20.3 Å². The number of nitrogens with zero attached hydrogens (tertiary/aromatic N) is 1. The largest absolute Gasteiger partial charge is 0.493 e. The molecular formula is C20H23N3O2S2. The number of hydrogen-bond donors (Lipinski definition) is 2. The first-order valence-corrected chi connectivity index (χ1v) is 9.86. The maximum atomic E-state index is 5.40. The summed E-state index contributed by atoms with van der Waals surface area (Å²) in [7, 11) is 3.27. The van der Waals surface area contributed by atoms with Crippen molar-refractivity contribution in [3.05, 3.63) is 47.0 Å². The minimum absolute atomic E-state index is 0.572. The fourth-order valence-corrected chi connectivity index (χ4v) is 3.94. The van der Waals surface area contributed by atoms with Crippen LogP contribution in [0.3, 0.4) is 0 Å². The first-order chi connectivity index (χ1) is 13.0. The molecule has 2 N–H and O–H groups in total. The number of anilines is 1. The molecule has 0 fully saturated rings. The van der Waals surface area contributed by atoms with Crippen LogP contribution in [0.2, 0.25) is 0 Å². The van der Waals surface area contributed by atoms with Gasteiger partial charge in [0.1, 0.15) is 0 Å². The van der Waals surface area contributed by atoms with Crippen molar-refractivity contribution in [3.63, 3.8) is 0 Å². The standard InChI is InChI=1S/C20H23N3O2S2/c1-12-9-15-18(10-13(12)2)27-20(22-15)23-19(26)21-8-7-14-5-6-16(24-3)17(11-14)25-4/h5-6,9-11H,7-8H2,1-4H3,(H2,21,22,23,26). The molecule has 27 heavy (non-hydrogen) atoms. The number of methoxy groups -OCH3 is 2. The molecule has 0 radical (unpaired) electrons. The lowest BCUT2D eigenvalue weighted by Crippen LogP contribution is -2.30. The van der Waals surface area contributed by atoms with Gasteiger partial charge in [0.15, 0.2) is 21.7 Å². The summed E-state index contributed by atoms with van der Waals surface area (Å²) in [5.41, 5.74) is 4.66. The van der Waals surface area contributed by atoms with Crippen molar-refractivity contribution in [1.82, 2.24) is 10.3 Å². The third kappa shape index (κ3) is 4.67. The number of benzene rings is 2. The molecule has 0 aliphatic heterocycles. The lowest BCUT2D eigenvalue weighted by molar-refractivity contribution is 0.354. The number of fused-ring (bicyclic) bond motifs is 1. The quantitative estimate of drug-likeness (QED) is 0.595. The summed E-state index contributed by atoms with van der Waals surface area (Å²) in [5, 5.41) is 7.78. The molecule has 0 spiro atoms. The normalized spacial score (nSPS) is 10.7. The van der Waals surface area contributed by atoms with Crippen LogP contribution >= 0.6 is 23.6 Å². The minimum Gasteiger partial charge on any atom is -0.493 e. The summed E-state index contributed by atoms with van der Waals surface area (Å²) in [5.74, 6) is 1.46. The summed E-state index contributed by atoms with van der Waals surface area (Å²) in [6, 6.07) is 10.2. The molecule has 0 saturated heterocycles. The highest BCUT2D eigenvalue weighted by Gasteiger charge is 2.08. The Morgan fingerprint density at radius 3 is 2.56 bits per heavy atom. The first kappa shape index (κ1) is 19.4. The summed E-state index contributed by atoms with van der Waals surface area (Å²) >= 11 is 7.00. The Hall–Kier alpha value is -2.38. The number of nitrogens with one attached hydrogen (secondary N) is 2. The molecule has 0 aliphatic rings. The molecule has 3 rings (SSSR count). The van der Waals surface area contributed by atoms with Crippen LogP contribution in [-0.2, 0) is 6.42 Å². The van der Waals surface area contributed by atoms with Gasteiger partial charge in [-0.2, -0.15) is 0 Å². The molecule has 5 nitrogen and oxygen atoms in total. The summed E-state index contributed by atoms with van der Waals surface area (Å²) in [4.78, 5) is 4.61. The Labute approximate surface area is 168 Å². The van der Waals surface area contributed by atoms with Gasteiger partial charge in [-0.05, 0) is 73.4 Å². The molecule has 142 valence electrons. The van der Waals surface area contributed by atoms with Gasteiger partial charge in [-0.15, -0.1) is 0 Å². The van der Waals surface area contributed by atoms with Crippen LogP contribution < -0.4 is 20.1 Å². The molecule has 7 heteroatoms. The lowest BCUT2D eigenvalue weighted by atomic mass is 10.1. The van der Waals surface area contributed by atoms with E-state index >= 15 is 0 Å². The zero-order chi connectivity index (χ0) is 19.4. The lowest BCUT2D eigenvalue weighted by Gasteiger charge is -2.11. The molecule has 0 unspecified atom stereocenters. The van der Waals surface area contributed by atoms with Crippen molar-refractivity contribution < 1.29 is 9.47 Å². The molecule has 3 aromatic rings. The Morgan fingerprint density at radius 2 is 1.81 bits per heavy atom. The second-order valence-electron chi connectivity index (χ2n) is 6.24. The molecular weight excluding hydrogens is 378 g/mol. The van der Waals surface area contributed by atoms with Gasteiger partial charge in [0.25, 0.3) is 0 Å². The van der Waals surface area contributed by atoms with Crippen molar-refractivity contribution in [2.75, 3.05) is 26.1 Å². The zero-order valence-corrected chi connectivity index (χ0v) is 17.5. The van der Waals surface area contributed by atoms with E-state index in [1.54, 1.807) is 25.6 Å². The van der Waals surface area contributed by atoms with Gasteiger partial charge >= 0.3 is 0 Å². The highest BCUT2D eigenvalue weighted by atomic mass is 32.1. The van der Waals surface area contributed by atoms with Gasteiger partial charge in [-0.1, -0.05) is 17.4 Å². The van der Waals surface area contributed by atoms with Crippen LogP contribution in [0.25, 0.3) is 10.2 Å². The van der Waals surface area contributed by atoms with Crippen LogP contribution in [0.5, 0.6) is 11.5 Å². The molecule has 0 bridgehead atoms. The monoisotopic (exact) mass is 401 g/mol. The fourth-order valence-electron chi connectivity index (χ4n) is 2.73. The van der Waals surface area contributed by atoms with Crippen LogP contribution in [0.15, 0.2) is 30.3 Å². The Kier molecular flexibility index (Phi) is 6.13. The van der Waals surface area contributed by atoms with Crippen molar-refractivity contribution >= 4 is 44.0 Å². The predicted octanol–water partition coefficient (Wildman–Crippen LogP) is 4.46. The maximum Gasteiger partial charge on any atom is 0.190 e. The van der Waals surface area contributed by atoms with E-state index in [0.717, 1.165) is 38.8 Å². The van der Waals surface area contributed by atoms with Crippen molar-refractivity contribution in [3.8, 4) is 11.5 Å². The van der Waals surface area contributed by atoms with E-state index in [2.05, 4.69) is 41.6 Å².